The van der Waals surface area contributed by atoms with Crippen LogP contribution in [0.2, 0.25) is 5.02 Å². The average molecular weight is 232 g/mol. The highest BCUT2D eigenvalue weighted by atomic mass is 35.5. The summed E-state index contributed by atoms with van der Waals surface area (Å²) in [6, 6.07) is 7.28. The van der Waals surface area contributed by atoms with E-state index in [4.69, 9.17) is 22.7 Å². The Morgan fingerprint density at radius 1 is 1.43 bits per heavy atom. The van der Waals surface area contributed by atoms with E-state index in [1.54, 1.807) is 18.3 Å². The molecule has 0 atom stereocenters. The van der Waals surface area contributed by atoms with Gasteiger partial charge >= 0.3 is 0 Å². The molecular formula is C9H11Cl2N3. The molecule has 1 aromatic carbocycles. The Morgan fingerprint density at radius 3 is 2.50 bits per heavy atom. The number of nitrogens with one attached hydrogen (secondary N) is 1. The van der Waals surface area contributed by atoms with Crippen molar-refractivity contribution in [3.8, 4) is 0 Å². The molecule has 1 aromatic rings. The van der Waals surface area contributed by atoms with Gasteiger partial charge in [0.1, 0.15) is 5.84 Å². The van der Waals surface area contributed by atoms with E-state index in [0.29, 0.717) is 5.02 Å². The normalized spacial score (nSPS) is 9.79. The molecule has 0 saturated carbocycles. The zero-order valence-electron chi connectivity index (χ0n) is 7.40. The van der Waals surface area contributed by atoms with Gasteiger partial charge in [-0.25, -0.2) is 0 Å². The first kappa shape index (κ1) is 12.9. The molecule has 0 aromatic heterocycles. The van der Waals surface area contributed by atoms with Gasteiger partial charge in [0.2, 0.25) is 0 Å². The monoisotopic (exact) mass is 231 g/mol. The molecule has 0 radical (unpaired) electrons. The second-order valence-corrected chi connectivity index (χ2v) is 2.98. The Balaban J connectivity index is 0.00000169. The second-order valence-electron chi connectivity index (χ2n) is 2.55. The van der Waals surface area contributed by atoms with E-state index in [1.807, 2.05) is 12.1 Å². The Kier molecular flexibility index (Phi) is 5.92. The first-order chi connectivity index (χ1) is 6.18. The van der Waals surface area contributed by atoms with Gasteiger partial charge in [0, 0.05) is 11.2 Å². The van der Waals surface area contributed by atoms with E-state index in [-0.39, 0.29) is 24.8 Å². The Morgan fingerprint density at radius 2 is 2.00 bits per heavy atom. The second kappa shape index (κ2) is 6.40. The Bertz CT molecular complexity index is 319. The lowest BCUT2D eigenvalue weighted by molar-refractivity contribution is 1.24. The van der Waals surface area contributed by atoms with Crippen LogP contribution in [0.3, 0.4) is 0 Å². The molecule has 0 saturated heterocycles. The average Bonchev–Trinajstić information content (AvgIpc) is 2.08. The van der Waals surface area contributed by atoms with Crippen LogP contribution in [0.25, 0.3) is 0 Å². The number of halogens is 2. The summed E-state index contributed by atoms with van der Waals surface area (Å²) in [6.07, 6.45) is 1.66. The van der Waals surface area contributed by atoms with Gasteiger partial charge in [-0.3, -0.25) is 10.4 Å². The fourth-order valence-corrected chi connectivity index (χ4v) is 0.924. The van der Waals surface area contributed by atoms with Crippen molar-refractivity contribution in [2.45, 2.75) is 0 Å². The van der Waals surface area contributed by atoms with Crippen molar-refractivity contribution in [2.75, 3.05) is 6.54 Å². The summed E-state index contributed by atoms with van der Waals surface area (Å²) in [5.41, 5.74) is 6.08. The molecule has 0 bridgehead atoms. The number of rotatable bonds is 3. The molecule has 0 unspecified atom stereocenters. The van der Waals surface area contributed by atoms with Crippen molar-refractivity contribution in [3.63, 3.8) is 0 Å². The fourth-order valence-electron chi connectivity index (χ4n) is 0.798. The highest BCUT2D eigenvalue weighted by molar-refractivity contribution is 6.30. The molecule has 0 spiro atoms. The minimum absolute atomic E-state index is 0. The number of hydrogen-bond donors (Lipinski definition) is 2. The van der Waals surface area contributed by atoms with Crippen LogP contribution in [0.15, 0.2) is 29.3 Å². The molecule has 0 aliphatic heterocycles. The molecule has 14 heavy (non-hydrogen) atoms. The highest BCUT2D eigenvalue weighted by Crippen LogP contribution is 2.07. The van der Waals surface area contributed by atoms with Crippen molar-refractivity contribution in [1.29, 1.82) is 5.41 Å². The van der Waals surface area contributed by atoms with E-state index >= 15 is 0 Å². The van der Waals surface area contributed by atoms with Crippen LogP contribution in [0.1, 0.15) is 5.56 Å². The molecule has 5 heteroatoms. The van der Waals surface area contributed by atoms with E-state index < -0.39 is 0 Å². The van der Waals surface area contributed by atoms with Gasteiger partial charge in [0.25, 0.3) is 0 Å². The number of nitrogens with two attached hydrogens (primary N) is 1. The van der Waals surface area contributed by atoms with Crippen molar-refractivity contribution in [2.24, 2.45) is 10.7 Å². The molecule has 0 aliphatic rings. The van der Waals surface area contributed by atoms with Gasteiger partial charge < -0.3 is 5.73 Å². The largest absolute Gasteiger partial charge is 0.386 e. The van der Waals surface area contributed by atoms with E-state index in [2.05, 4.69) is 4.99 Å². The van der Waals surface area contributed by atoms with Crippen LogP contribution in [0.5, 0.6) is 0 Å². The van der Waals surface area contributed by atoms with Crippen molar-refractivity contribution >= 4 is 36.1 Å². The van der Waals surface area contributed by atoms with Crippen LogP contribution < -0.4 is 5.73 Å². The van der Waals surface area contributed by atoms with Crippen LogP contribution in [-0.2, 0) is 0 Å². The summed E-state index contributed by atoms with van der Waals surface area (Å²) >= 11 is 5.70. The van der Waals surface area contributed by atoms with Gasteiger partial charge in [-0.1, -0.05) is 23.7 Å². The number of amidine groups is 1. The lowest BCUT2D eigenvalue weighted by atomic mass is 10.2. The van der Waals surface area contributed by atoms with E-state index in [0.717, 1.165) is 5.56 Å². The summed E-state index contributed by atoms with van der Waals surface area (Å²) < 4.78 is 0. The summed E-state index contributed by atoms with van der Waals surface area (Å²) in [4.78, 5) is 3.95. The predicted molar refractivity (Wildman–Crippen MR) is 63.1 cm³/mol. The zero-order valence-corrected chi connectivity index (χ0v) is 8.98. The molecule has 0 aliphatic carbocycles. The van der Waals surface area contributed by atoms with Crippen LogP contribution in [0.4, 0.5) is 0 Å². The zero-order chi connectivity index (χ0) is 9.68. The van der Waals surface area contributed by atoms with Gasteiger partial charge in [-0.15, -0.1) is 12.4 Å². The molecule has 3 nitrogen and oxygen atoms in total. The van der Waals surface area contributed by atoms with Gasteiger partial charge in [-0.05, 0) is 17.7 Å². The first-order valence-corrected chi connectivity index (χ1v) is 4.14. The van der Waals surface area contributed by atoms with Crippen LogP contribution >= 0.6 is 24.0 Å². The maximum Gasteiger partial charge on any atom is 0.113 e. The molecule has 0 fully saturated rings. The molecule has 0 amide bonds. The van der Waals surface area contributed by atoms with Gasteiger partial charge in [0.05, 0.1) is 6.54 Å². The van der Waals surface area contributed by atoms with Crippen molar-refractivity contribution in [3.05, 3.63) is 34.9 Å². The summed E-state index contributed by atoms with van der Waals surface area (Å²) in [5.74, 6) is 0.0604. The van der Waals surface area contributed by atoms with Crippen LogP contribution in [-0.4, -0.2) is 18.6 Å². The highest BCUT2D eigenvalue weighted by Gasteiger charge is 1.88. The van der Waals surface area contributed by atoms with Crippen molar-refractivity contribution in [1.82, 2.24) is 0 Å². The molecule has 76 valence electrons. The predicted octanol–water partition coefficient (Wildman–Crippen LogP) is 2.12. The Labute approximate surface area is 93.9 Å². The van der Waals surface area contributed by atoms with E-state index in [9.17, 15) is 0 Å². The number of hydrogen-bond acceptors (Lipinski definition) is 2. The molecular weight excluding hydrogens is 221 g/mol. The lowest BCUT2D eigenvalue weighted by Gasteiger charge is -1.93. The first-order valence-electron chi connectivity index (χ1n) is 3.77. The summed E-state index contributed by atoms with van der Waals surface area (Å²) in [7, 11) is 0. The molecule has 0 heterocycles. The topological polar surface area (TPSA) is 62.2 Å². The number of benzene rings is 1. The lowest BCUT2D eigenvalue weighted by Crippen LogP contribution is -2.12. The number of nitrogens with zero attached hydrogens (tertiary/aromatic N) is 1. The molecule has 3 N–H and O–H groups in total. The van der Waals surface area contributed by atoms with E-state index in [1.165, 1.54) is 0 Å². The molecule has 1 rings (SSSR count). The standard InChI is InChI=1S/C9H10ClN3.ClH/c10-8-3-1-7(2-4-8)5-13-6-9(11)12;/h1-5H,6H2,(H3,11,12);1H. The SMILES string of the molecule is Cl.N=C(N)CN=Cc1ccc(Cl)cc1. The number of aliphatic imine (C=N–C) groups is 1. The van der Waals surface area contributed by atoms with Crippen molar-refractivity contribution < 1.29 is 0 Å². The quantitative estimate of drug-likeness (QED) is 0.608. The van der Waals surface area contributed by atoms with Gasteiger partial charge in [-0.2, -0.15) is 0 Å². The third-order valence-corrected chi connectivity index (χ3v) is 1.62. The van der Waals surface area contributed by atoms with Crippen LogP contribution in [0, 0.1) is 5.41 Å². The fraction of sp³-hybridized carbons (Fsp3) is 0.111. The van der Waals surface area contributed by atoms with Gasteiger partial charge in [0.15, 0.2) is 0 Å². The maximum absolute atomic E-state index is 6.94. The maximum atomic E-state index is 6.94. The summed E-state index contributed by atoms with van der Waals surface area (Å²) in [5, 5.41) is 7.64. The summed E-state index contributed by atoms with van der Waals surface area (Å²) in [6.45, 7) is 0.239. The minimum Gasteiger partial charge on any atom is -0.386 e. The smallest absolute Gasteiger partial charge is 0.113 e. The third-order valence-electron chi connectivity index (χ3n) is 1.37. The Hall–Kier alpha value is -1.06. The third kappa shape index (κ3) is 4.84. The minimum atomic E-state index is 0.